The van der Waals surface area contributed by atoms with Gasteiger partial charge in [0.1, 0.15) is 0 Å². The van der Waals surface area contributed by atoms with Crippen molar-refractivity contribution in [3.63, 3.8) is 0 Å². The summed E-state index contributed by atoms with van der Waals surface area (Å²) in [5, 5.41) is 0.514. The van der Waals surface area contributed by atoms with Gasteiger partial charge in [0, 0.05) is 20.6 Å². The lowest BCUT2D eigenvalue weighted by Crippen LogP contribution is -2.06. The molecule has 0 saturated heterocycles. The van der Waals surface area contributed by atoms with Crippen molar-refractivity contribution in [3.8, 4) is 11.5 Å². The highest BCUT2D eigenvalue weighted by Crippen LogP contribution is 2.32. The minimum atomic E-state index is -0.122. The number of halogens is 2. The first-order chi connectivity index (χ1) is 9.97. The summed E-state index contributed by atoms with van der Waals surface area (Å²) < 4.78 is 11.2. The number of carbonyl (C=O) groups is 1. The number of carbonyl (C=O) groups excluding carboxylic acids is 1. The van der Waals surface area contributed by atoms with Crippen molar-refractivity contribution in [1.29, 1.82) is 0 Å². The van der Waals surface area contributed by atoms with Crippen LogP contribution in [0, 0.1) is 6.92 Å². The SMILES string of the molecule is COc1cc(C)c(C(=O)c2cc(Cl)ccc2Br)cc1OC. The second kappa shape index (κ2) is 6.50. The van der Waals surface area contributed by atoms with Crippen LogP contribution >= 0.6 is 27.5 Å². The Morgan fingerprint density at radius 1 is 1.05 bits per heavy atom. The zero-order valence-electron chi connectivity index (χ0n) is 11.9. The summed E-state index contributed by atoms with van der Waals surface area (Å²) in [5.74, 6) is 0.990. The minimum Gasteiger partial charge on any atom is -0.493 e. The van der Waals surface area contributed by atoms with Gasteiger partial charge in [0.05, 0.1) is 14.2 Å². The summed E-state index contributed by atoms with van der Waals surface area (Å²) >= 11 is 9.36. The molecule has 0 saturated carbocycles. The molecule has 0 radical (unpaired) electrons. The van der Waals surface area contributed by atoms with E-state index in [0.717, 1.165) is 5.56 Å². The van der Waals surface area contributed by atoms with Gasteiger partial charge in [0.15, 0.2) is 17.3 Å². The molecular weight excluding hydrogens is 356 g/mol. The molecule has 21 heavy (non-hydrogen) atoms. The Bertz CT molecular complexity index is 698. The molecule has 2 rings (SSSR count). The van der Waals surface area contributed by atoms with Gasteiger partial charge in [-0.05, 0) is 42.8 Å². The second-order valence-corrected chi connectivity index (χ2v) is 5.77. The van der Waals surface area contributed by atoms with E-state index in [2.05, 4.69) is 15.9 Å². The van der Waals surface area contributed by atoms with Gasteiger partial charge in [0.25, 0.3) is 0 Å². The van der Waals surface area contributed by atoms with Crippen LogP contribution in [0.2, 0.25) is 5.02 Å². The van der Waals surface area contributed by atoms with E-state index in [0.29, 0.717) is 32.1 Å². The molecule has 0 aromatic heterocycles. The maximum Gasteiger partial charge on any atom is 0.194 e. The highest BCUT2D eigenvalue weighted by Gasteiger charge is 2.18. The van der Waals surface area contributed by atoms with Gasteiger partial charge >= 0.3 is 0 Å². The molecule has 0 amide bonds. The van der Waals surface area contributed by atoms with Gasteiger partial charge in [-0.25, -0.2) is 0 Å². The molecule has 2 aromatic carbocycles. The molecule has 0 aliphatic rings. The molecule has 5 heteroatoms. The Labute approximate surface area is 137 Å². The molecule has 0 aliphatic carbocycles. The number of hydrogen-bond acceptors (Lipinski definition) is 3. The van der Waals surface area contributed by atoms with E-state index in [-0.39, 0.29) is 5.78 Å². The van der Waals surface area contributed by atoms with E-state index in [1.807, 2.05) is 6.92 Å². The fraction of sp³-hybridized carbons (Fsp3) is 0.188. The summed E-state index contributed by atoms with van der Waals surface area (Å²) in [6.45, 7) is 1.85. The molecule has 0 bridgehead atoms. The topological polar surface area (TPSA) is 35.5 Å². The molecule has 0 spiro atoms. The maximum atomic E-state index is 12.7. The van der Waals surface area contributed by atoms with Crippen molar-refractivity contribution in [1.82, 2.24) is 0 Å². The van der Waals surface area contributed by atoms with Crippen molar-refractivity contribution >= 4 is 33.3 Å². The van der Waals surface area contributed by atoms with Crippen LogP contribution in [0.1, 0.15) is 21.5 Å². The first kappa shape index (κ1) is 15.9. The van der Waals surface area contributed by atoms with E-state index in [1.54, 1.807) is 37.4 Å². The van der Waals surface area contributed by atoms with Gasteiger partial charge in [-0.2, -0.15) is 0 Å². The molecule has 3 nitrogen and oxygen atoms in total. The number of rotatable bonds is 4. The molecule has 0 N–H and O–H groups in total. The molecule has 2 aromatic rings. The number of ketones is 1. The Morgan fingerprint density at radius 3 is 2.29 bits per heavy atom. The minimum absolute atomic E-state index is 0.122. The predicted molar refractivity (Wildman–Crippen MR) is 86.9 cm³/mol. The Balaban J connectivity index is 2.55. The lowest BCUT2D eigenvalue weighted by Gasteiger charge is -2.13. The van der Waals surface area contributed by atoms with Crippen molar-refractivity contribution in [3.05, 3.63) is 56.5 Å². The van der Waals surface area contributed by atoms with Crippen molar-refractivity contribution in [2.45, 2.75) is 6.92 Å². The first-order valence-electron chi connectivity index (χ1n) is 6.20. The van der Waals surface area contributed by atoms with Crippen LogP contribution in [0.4, 0.5) is 0 Å². The van der Waals surface area contributed by atoms with Crippen molar-refractivity contribution in [2.24, 2.45) is 0 Å². The summed E-state index contributed by atoms with van der Waals surface area (Å²) in [6, 6.07) is 8.59. The highest BCUT2D eigenvalue weighted by molar-refractivity contribution is 9.10. The summed E-state index contributed by atoms with van der Waals surface area (Å²) in [5.41, 5.74) is 1.87. The zero-order chi connectivity index (χ0) is 15.6. The third-order valence-corrected chi connectivity index (χ3v) is 4.07. The molecule has 0 atom stereocenters. The lowest BCUT2D eigenvalue weighted by atomic mass is 9.98. The summed E-state index contributed by atoms with van der Waals surface area (Å²) in [7, 11) is 3.10. The highest BCUT2D eigenvalue weighted by atomic mass is 79.9. The Morgan fingerprint density at radius 2 is 1.67 bits per heavy atom. The third-order valence-electron chi connectivity index (χ3n) is 3.15. The van der Waals surface area contributed by atoms with Crippen molar-refractivity contribution in [2.75, 3.05) is 14.2 Å². The van der Waals surface area contributed by atoms with E-state index < -0.39 is 0 Å². The Hall–Kier alpha value is -1.52. The summed E-state index contributed by atoms with van der Waals surface area (Å²) in [6.07, 6.45) is 0. The zero-order valence-corrected chi connectivity index (χ0v) is 14.2. The van der Waals surface area contributed by atoms with Gasteiger partial charge in [-0.15, -0.1) is 0 Å². The number of aryl methyl sites for hydroxylation is 1. The third kappa shape index (κ3) is 3.22. The van der Waals surface area contributed by atoms with Gasteiger partial charge < -0.3 is 9.47 Å². The first-order valence-corrected chi connectivity index (χ1v) is 7.37. The summed E-state index contributed by atoms with van der Waals surface area (Å²) in [4.78, 5) is 12.7. The fourth-order valence-corrected chi connectivity index (χ4v) is 2.64. The lowest BCUT2D eigenvalue weighted by molar-refractivity contribution is 0.103. The average molecular weight is 370 g/mol. The van der Waals surface area contributed by atoms with E-state index in [9.17, 15) is 4.79 Å². The average Bonchev–Trinajstić information content (AvgIpc) is 2.48. The maximum absolute atomic E-state index is 12.7. The molecule has 0 unspecified atom stereocenters. The van der Waals surface area contributed by atoms with Crippen LogP contribution in [0.5, 0.6) is 11.5 Å². The quantitative estimate of drug-likeness (QED) is 0.735. The molecular formula is C16H14BrClO3. The van der Waals surface area contributed by atoms with Crippen LogP contribution in [0.25, 0.3) is 0 Å². The number of methoxy groups -OCH3 is 2. The van der Waals surface area contributed by atoms with Gasteiger partial charge in [0.2, 0.25) is 0 Å². The second-order valence-electron chi connectivity index (χ2n) is 4.48. The predicted octanol–water partition coefficient (Wildman–Crippen LogP) is 4.66. The van der Waals surface area contributed by atoms with Crippen LogP contribution in [0.3, 0.4) is 0 Å². The van der Waals surface area contributed by atoms with Crippen molar-refractivity contribution < 1.29 is 14.3 Å². The molecule has 0 fully saturated rings. The van der Waals surface area contributed by atoms with Gasteiger partial charge in [-0.3, -0.25) is 4.79 Å². The normalized spacial score (nSPS) is 10.3. The molecule has 110 valence electrons. The van der Waals surface area contributed by atoms with Crippen LogP contribution in [-0.2, 0) is 0 Å². The van der Waals surface area contributed by atoms with Gasteiger partial charge in [-0.1, -0.05) is 27.5 Å². The van der Waals surface area contributed by atoms with E-state index >= 15 is 0 Å². The Kier molecular flexibility index (Phi) is 4.91. The van der Waals surface area contributed by atoms with Crippen LogP contribution < -0.4 is 9.47 Å². The number of ether oxygens (including phenoxy) is 2. The number of benzene rings is 2. The largest absolute Gasteiger partial charge is 0.493 e. The molecule has 0 aliphatic heterocycles. The fourth-order valence-electron chi connectivity index (χ4n) is 2.04. The van der Waals surface area contributed by atoms with E-state index in [1.165, 1.54) is 7.11 Å². The van der Waals surface area contributed by atoms with Crippen LogP contribution in [0.15, 0.2) is 34.8 Å². The van der Waals surface area contributed by atoms with E-state index in [4.69, 9.17) is 21.1 Å². The number of hydrogen-bond donors (Lipinski definition) is 0. The standard InChI is InChI=1S/C16H14BrClO3/c1-9-6-14(20-2)15(21-3)8-11(9)16(19)12-7-10(18)4-5-13(12)17/h4-8H,1-3H3. The monoisotopic (exact) mass is 368 g/mol. The van der Waals surface area contributed by atoms with Crippen LogP contribution in [-0.4, -0.2) is 20.0 Å². The molecule has 0 heterocycles. The smallest absolute Gasteiger partial charge is 0.194 e.